The fourth-order valence-electron chi connectivity index (χ4n) is 1.93. The Balaban J connectivity index is 0.000000277. The zero-order valence-electron chi connectivity index (χ0n) is 12.6. The van der Waals surface area contributed by atoms with Gasteiger partial charge in [-0.25, -0.2) is 4.79 Å². The van der Waals surface area contributed by atoms with Gasteiger partial charge < -0.3 is 10.4 Å². The molecule has 0 amide bonds. The summed E-state index contributed by atoms with van der Waals surface area (Å²) < 4.78 is 31.7. The summed E-state index contributed by atoms with van der Waals surface area (Å²) in [6.07, 6.45) is -3.29. The predicted molar refractivity (Wildman–Crippen MR) is 90.2 cm³/mol. The van der Waals surface area contributed by atoms with Crippen LogP contribution in [0.1, 0.15) is 0 Å². The molecule has 0 aliphatic carbocycles. The van der Waals surface area contributed by atoms with Crippen molar-refractivity contribution >= 4 is 39.8 Å². The monoisotopic (exact) mass is 368 g/mol. The average Bonchev–Trinajstić information content (AvgIpc) is 2.55. The number of carbonyl (C=O) groups is 1. The Hall–Kier alpha value is -2.80. The third kappa shape index (κ3) is 5.36. The molecule has 0 unspecified atom stereocenters. The van der Waals surface area contributed by atoms with Gasteiger partial charge in [-0.05, 0) is 30.3 Å². The summed E-state index contributed by atoms with van der Waals surface area (Å²) in [5.41, 5.74) is 2.90. The molecule has 0 aliphatic rings. The summed E-state index contributed by atoms with van der Waals surface area (Å²) in [6.45, 7) is 0. The predicted octanol–water partition coefficient (Wildman–Crippen LogP) is 5.27. The Morgan fingerprint density at radius 3 is 2.36 bits per heavy atom. The second kappa shape index (κ2) is 7.85. The Labute approximate surface area is 145 Å². The molecule has 3 aromatic rings. The highest BCUT2D eigenvalue weighted by Gasteiger charge is 2.38. The van der Waals surface area contributed by atoms with Crippen molar-refractivity contribution in [3.05, 3.63) is 65.8 Å². The molecular formula is C17H12ClF3N2O2. The van der Waals surface area contributed by atoms with Gasteiger partial charge in [0.1, 0.15) is 0 Å². The maximum absolute atomic E-state index is 10.6. The lowest BCUT2D eigenvalue weighted by Crippen LogP contribution is -2.21. The van der Waals surface area contributed by atoms with Gasteiger partial charge in [-0.15, -0.1) is 0 Å². The number of halogens is 4. The fraction of sp³-hybridized carbons (Fsp3) is 0.0588. The number of rotatable bonds is 2. The van der Waals surface area contributed by atoms with E-state index in [0.29, 0.717) is 5.02 Å². The highest BCUT2D eigenvalue weighted by Crippen LogP contribution is 2.25. The van der Waals surface area contributed by atoms with Crippen LogP contribution in [0.4, 0.5) is 24.5 Å². The van der Waals surface area contributed by atoms with Crippen LogP contribution < -0.4 is 5.32 Å². The molecule has 2 N–H and O–H groups in total. The third-order valence-electron chi connectivity index (χ3n) is 2.98. The summed E-state index contributed by atoms with van der Waals surface area (Å²) in [5.74, 6) is -2.76. The van der Waals surface area contributed by atoms with E-state index in [0.717, 1.165) is 22.3 Å². The highest BCUT2D eigenvalue weighted by molar-refractivity contribution is 6.30. The molecule has 0 aliphatic heterocycles. The van der Waals surface area contributed by atoms with Crippen molar-refractivity contribution < 1.29 is 23.1 Å². The Morgan fingerprint density at radius 2 is 1.72 bits per heavy atom. The number of nitrogens with zero attached hydrogens (tertiary/aromatic N) is 1. The van der Waals surface area contributed by atoms with Crippen LogP contribution >= 0.6 is 11.6 Å². The largest absolute Gasteiger partial charge is 0.490 e. The average molecular weight is 369 g/mol. The van der Waals surface area contributed by atoms with Crippen LogP contribution in [0.2, 0.25) is 5.02 Å². The van der Waals surface area contributed by atoms with Crippen molar-refractivity contribution in [1.29, 1.82) is 0 Å². The number of hydrogen-bond donors (Lipinski definition) is 2. The van der Waals surface area contributed by atoms with Gasteiger partial charge in [0, 0.05) is 22.3 Å². The van der Waals surface area contributed by atoms with Crippen LogP contribution in [-0.4, -0.2) is 22.2 Å². The summed E-state index contributed by atoms with van der Waals surface area (Å²) in [4.78, 5) is 13.3. The van der Waals surface area contributed by atoms with E-state index >= 15 is 0 Å². The van der Waals surface area contributed by atoms with Crippen LogP contribution in [-0.2, 0) is 4.79 Å². The minimum Gasteiger partial charge on any atom is -0.475 e. The number of carboxylic acid groups (broad SMARTS) is 1. The van der Waals surface area contributed by atoms with Crippen molar-refractivity contribution in [3.63, 3.8) is 0 Å². The van der Waals surface area contributed by atoms with E-state index in [1.807, 2.05) is 54.6 Å². The lowest BCUT2D eigenvalue weighted by atomic mass is 10.2. The maximum Gasteiger partial charge on any atom is 0.490 e. The van der Waals surface area contributed by atoms with Crippen LogP contribution in [0.3, 0.4) is 0 Å². The number of aromatic nitrogens is 1. The number of pyridine rings is 1. The first kappa shape index (κ1) is 18.5. The van der Waals surface area contributed by atoms with E-state index in [2.05, 4.69) is 10.3 Å². The van der Waals surface area contributed by atoms with Crippen LogP contribution in [0.25, 0.3) is 10.9 Å². The van der Waals surface area contributed by atoms with Crippen LogP contribution in [0.15, 0.2) is 60.8 Å². The van der Waals surface area contributed by atoms with E-state index in [1.54, 1.807) is 6.20 Å². The molecule has 25 heavy (non-hydrogen) atoms. The molecule has 0 saturated carbocycles. The molecule has 0 radical (unpaired) electrons. The fourth-order valence-corrected chi connectivity index (χ4v) is 2.12. The number of para-hydroxylation sites is 1. The number of hydrogen-bond acceptors (Lipinski definition) is 3. The lowest BCUT2D eigenvalue weighted by Gasteiger charge is -2.09. The smallest absolute Gasteiger partial charge is 0.475 e. The van der Waals surface area contributed by atoms with Gasteiger partial charge in [0.2, 0.25) is 0 Å². The SMILES string of the molecule is Clc1cccc(Nc2cccc3cccnc23)c1.O=C(O)C(F)(F)F. The summed E-state index contributed by atoms with van der Waals surface area (Å²) in [6, 6.07) is 17.7. The zero-order chi connectivity index (χ0) is 18.4. The molecule has 8 heteroatoms. The van der Waals surface area contributed by atoms with Gasteiger partial charge in [-0.2, -0.15) is 13.2 Å². The van der Waals surface area contributed by atoms with E-state index in [1.165, 1.54) is 0 Å². The van der Waals surface area contributed by atoms with Gasteiger partial charge in [-0.1, -0.05) is 35.9 Å². The molecule has 0 bridgehead atoms. The maximum atomic E-state index is 10.6. The number of aliphatic carboxylic acids is 1. The molecular weight excluding hydrogens is 357 g/mol. The molecule has 1 aromatic heterocycles. The topological polar surface area (TPSA) is 62.2 Å². The Morgan fingerprint density at radius 1 is 1.08 bits per heavy atom. The van der Waals surface area contributed by atoms with Gasteiger partial charge in [0.25, 0.3) is 0 Å². The minimum absolute atomic E-state index is 0.716. The number of benzene rings is 2. The molecule has 3 rings (SSSR count). The number of nitrogens with one attached hydrogen (secondary N) is 1. The second-order valence-electron chi connectivity index (χ2n) is 4.82. The Kier molecular flexibility index (Phi) is 5.82. The van der Waals surface area contributed by atoms with E-state index in [-0.39, 0.29) is 0 Å². The first-order valence-electron chi connectivity index (χ1n) is 6.94. The van der Waals surface area contributed by atoms with E-state index in [4.69, 9.17) is 21.5 Å². The van der Waals surface area contributed by atoms with Gasteiger partial charge in [0.05, 0.1) is 11.2 Å². The van der Waals surface area contributed by atoms with Gasteiger partial charge in [-0.3, -0.25) is 4.98 Å². The zero-order valence-corrected chi connectivity index (χ0v) is 13.3. The standard InChI is InChI=1S/C15H11ClN2.C2HF3O2/c16-12-6-2-7-13(10-12)18-14-8-1-4-11-5-3-9-17-15(11)14;3-2(4,5)1(6)7/h1-10,18H;(H,6,7). The number of alkyl halides is 3. The molecule has 130 valence electrons. The van der Waals surface area contributed by atoms with E-state index < -0.39 is 12.1 Å². The van der Waals surface area contributed by atoms with Crippen LogP contribution in [0, 0.1) is 0 Å². The summed E-state index contributed by atoms with van der Waals surface area (Å²) in [7, 11) is 0. The summed E-state index contributed by atoms with van der Waals surface area (Å²) >= 11 is 5.97. The third-order valence-corrected chi connectivity index (χ3v) is 3.21. The molecule has 4 nitrogen and oxygen atoms in total. The first-order chi connectivity index (χ1) is 11.8. The second-order valence-corrected chi connectivity index (χ2v) is 5.26. The van der Waals surface area contributed by atoms with Crippen molar-refractivity contribution in [2.24, 2.45) is 0 Å². The number of anilines is 2. The van der Waals surface area contributed by atoms with Crippen molar-refractivity contribution in [1.82, 2.24) is 4.98 Å². The minimum atomic E-state index is -5.08. The van der Waals surface area contributed by atoms with E-state index in [9.17, 15) is 13.2 Å². The number of fused-ring (bicyclic) bond motifs is 1. The molecule has 0 spiro atoms. The normalized spacial score (nSPS) is 10.7. The van der Waals surface area contributed by atoms with Crippen molar-refractivity contribution in [3.8, 4) is 0 Å². The Bertz CT molecular complexity index is 880. The lowest BCUT2D eigenvalue weighted by molar-refractivity contribution is -0.192. The quantitative estimate of drug-likeness (QED) is 0.647. The molecule has 2 aromatic carbocycles. The summed E-state index contributed by atoms with van der Waals surface area (Å²) in [5, 5.41) is 12.3. The molecule has 1 heterocycles. The molecule has 0 saturated heterocycles. The van der Waals surface area contributed by atoms with Crippen LogP contribution in [0.5, 0.6) is 0 Å². The van der Waals surface area contributed by atoms with Gasteiger partial charge in [0.15, 0.2) is 0 Å². The molecule has 0 fully saturated rings. The molecule has 0 atom stereocenters. The highest BCUT2D eigenvalue weighted by atomic mass is 35.5. The van der Waals surface area contributed by atoms with Crippen molar-refractivity contribution in [2.45, 2.75) is 6.18 Å². The van der Waals surface area contributed by atoms with Gasteiger partial charge >= 0.3 is 12.1 Å². The first-order valence-corrected chi connectivity index (χ1v) is 7.31. The van der Waals surface area contributed by atoms with Crippen molar-refractivity contribution in [2.75, 3.05) is 5.32 Å². The number of carboxylic acids is 1.